The van der Waals surface area contributed by atoms with Gasteiger partial charge < -0.3 is 28.6 Å². The highest BCUT2D eigenvalue weighted by atomic mass is 31.2. The maximum atomic E-state index is 12.6. The molecule has 0 heterocycles. The van der Waals surface area contributed by atoms with Crippen LogP contribution in [0.15, 0.2) is 60.8 Å². The molecule has 0 radical (unpaired) electrons. The molecule has 0 aromatic heterocycles. The summed E-state index contributed by atoms with van der Waals surface area (Å²) < 4.78 is 72.0. The molecule has 0 saturated carbocycles. The van der Waals surface area contributed by atoms with Gasteiger partial charge in [0, 0.05) is 27.9 Å². The van der Waals surface area contributed by atoms with Crippen LogP contribution in [0, 0.1) is 0 Å². The third kappa shape index (κ3) is 26.2. The van der Waals surface area contributed by atoms with Gasteiger partial charge in [0.15, 0.2) is 0 Å². The Morgan fingerprint density at radius 1 is 0.400 bits per heavy atom. The predicted octanol–water partition coefficient (Wildman–Crippen LogP) is 3.86. The summed E-state index contributed by atoms with van der Waals surface area (Å²) in [5.74, 6) is -3.16. The van der Waals surface area contributed by atoms with Crippen molar-refractivity contribution in [1.29, 1.82) is 0 Å². The van der Waals surface area contributed by atoms with Crippen LogP contribution in [0.25, 0.3) is 0 Å². The fourth-order valence-corrected chi connectivity index (χ4v) is 3.99. The Morgan fingerprint density at radius 2 is 0.580 bits per heavy atom. The molecule has 0 aliphatic heterocycles. The molecule has 0 unspecified atom stereocenters. The highest BCUT2D eigenvalue weighted by Gasteiger charge is 2.27. The molecule has 0 aliphatic rings. The monoisotopic (exact) mass is 756 g/mol. The Kier molecular flexibility index (Phi) is 25.3. The molecule has 0 bridgehead atoms. The van der Waals surface area contributed by atoms with Gasteiger partial charge in [0.25, 0.3) is 0 Å². The zero-order chi connectivity index (χ0) is 38.9. The summed E-state index contributed by atoms with van der Waals surface area (Å²) in [6, 6.07) is 0. The minimum absolute atomic E-state index is 0.194. The van der Waals surface area contributed by atoms with E-state index in [-0.39, 0.29) is 93.9 Å². The lowest BCUT2D eigenvalue weighted by atomic mass is 10.4. The summed E-state index contributed by atoms with van der Waals surface area (Å²) in [5.41, 5.74) is 0.994. The average Bonchev–Trinajstić information content (AvgIpc) is 3.03. The molecule has 18 nitrogen and oxygen atoms in total. The zero-order valence-electron chi connectivity index (χ0n) is 28.9. The van der Waals surface area contributed by atoms with E-state index in [0.717, 1.165) is 0 Å². The van der Waals surface area contributed by atoms with Gasteiger partial charge in [0.05, 0.1) is 33.0 Å². The molecule has 0 rings (SSSR count). The molecule has 0 aliphatic carbocycles. The topological polar surface area (TPSA) is 232 Å². The maximum Gasteiger partial charge on any atom is 0.475 e. The molecule has 0 aromatic rings. The minimum Gasteiger partial charge on any atom is -0.460 e. The van der Waals surface area contributed by atoms with Gasteiger partial charge in [-0.1, -0.05) is 32.9 Å². The van der Waals surface area contributed by atoms with E-state index in [0.29, 0.717) is 0 Å². The number of phosphoric acid groups is 2. The van der Waals surface area contributed by atoms with Crippen LogP contribution in [-0.4, -0.2) is 101 Å². The van der Waals surface area contributed by atoms with Crippen molar-refractivity contribution >= 4 is 45.5 Å². The number of esters is 5. The van der Waals surface area contributed by atoms with E-state index < -0.39 is 45.5 Å². The first kappa shape index (κ1) is 48.4. The fraction of sp³-hybridized carbons (Fsp3) is 0.500. The molecule has 0 fully saturated rings. The Labute approximate surface area is 291 Å². The van der Waals surface area contributed by atoms with Crippen LogP contribution in [0.2, 0.25) is 0 Å². The van der Waals surface area contributed by atoms with Crippen molar-refractivity contribution in [3.8, 4) is 0 Å². The van der Waals surface area contributed by atoms with Crippen molar-refractivity contribution in [2.24, 2.45) is 0 Å². The number of carbonyl (C=O) groups excluding carboxylic acids is 5. The van der Waals surface area contributed by atoms with Gasteiger partial charge in [-0.05, 0) is 34.6 Å². The highest BCUT2D eigenvalue weighted by molar-refractivity contribution is 7.48. The first-order valence-corrected chi connectivity index (χ1v) is 17.4. The normalized spacial score (nSPS) is 10.8. The second kappa shape index (κ2) is 26.1. The quantitative estimate of drug-likeness (QED) is 0.0458. The Bertz CT molecular complexity index is 1210. The molecule has 0 saturated heterocycles. The van der Waals surface area contributed by atoms with E-state index in [1.54, 1.807) is 0 Å². The van der Waals surface area contributed by atoms with Crippen molar-refractivity contribution in [3.63, 3.8) is 0 Å². The molecule has 284 valence electrons. The van der Waals surface area contributed by atoms with Crippen molar-refractivity contribution in [2.45, 2.75) is 34.6 Å². The van der Waals surface area contributed by atoms with E-state index >= 15 is 0 Å². The molecule has 0 amide bonds. The van der Waals surface area contributed by atoms with Crippen LogP contribution in [-0.2, 0) is 79.4 Å². The molecule has 1 N–H and O–H groups in total. The molecular formula is C30H46O18P2. The number of carbonyl (C=O) groups is 5. The van der Waals surface area contributed by atoms with Gasteiger partial charge in [-0.3, -0.25) is 22.6 Å². The van der Waals surface area contributed by atoms with E-state index in [4.69, 9.17) is 27.8 Å². The van der Waals surface area contributed by atoms with Crippen molar-refractivity contribution in [1.82, 2.24) is 0 Å². The van der Waals surface area contributed by atoms with Gasteiger partial charge in [0.1, 0.15) is 33.0 Å². The lowest BCUT2D eigenvalue weighted by Gasteiger charge is -2.18. The summed E-state index contributed by atoms with van der Waals surface area (Å²) in [5, 5.41) is 0. The Morgan fingerprint density at radius 3 is 0.760 bits per heavy atom. The summed E-state index contributed by atoms with van der Waals surface area (Å²) in [4.78, 5) is 65.2. The smallest absolute Gasteiger partial charge is 0.460 e. The highest BCUT2D eigenvalue weighted by Crippen LogP contribution is 2.49. The third-order valence-electron chi connectivity index (χ3n) is 4.58. The predicted molar refractivity (Wildman–Crippen MR) is 176 cm³/mol. The molecular weight excluding hydrogens is 710 g/mol. The second-order valence-corrected chi connectivity index (χ2v) is 12.8. The van der Waals surface area contributed by atoms with Crippen molar-refractivity contribution in [2.75, 3.05) is 66.1 Å². The minimum atomic E-state index is -4.29. The van der Waals surface area contributed by atoms with E-state index in [9.17, 15) is 38.0 Å². The van der Waals surface area contributed by atoms with Crippen LogP contribution in [0.5, 0.6) is 0 Å². The number of hydrogen-bond donors (Lipinski definition) is 1. The number of rotatable bonds is 25. The van der Waals surface area contributed by atoms with Gasteiger partial charge in [-0.15, -0.1) is 0 Å². The van der Waals surface area contributed by atoms with Crippen LogP contribution in [0.4, 0.5) is 0 Å². The molecule has 0 aromatic carbocycles. The summed E-state index contributed by atoms with van der Waals surface area (Å²) in [6.07, 6.45) is 0. The van der Waals surface area contributed by atoms with E-state index in [1.165, 1.54) is 34.6 Å². The van der Waals surface area contributed by atoms with Gasteiger partial charge in [0.2, 0.25) is 0 Å². The fourth-order valence-electron chi connectivity index (χ4n) is 2.19. The Hall–Kier alpha value is -3.73. The first-order chi connectivity index (χ1) is 23.1. The largest absolute Gasteiger partial charge is 0.475 e. The van der Waals surface area contributed by atoms with Crippen molar-refractivity contribution in [3.05, 3.63) is 60.8 Å². The number of hydrogen-bond acceptors (Lipinski definition) is 17. The summed E-state index contributed by atoms with van der Waals surface area (Å²) >= 11 is 0. The summed E-state index contributed by atoms with van der Waals surface area (Å²) in [7, 11) is -8.40. The standard InChI is InChI=1S/C18H27O10P.C12H19O8P/c1-13(2)16(19)23-7-10-26-29(22,27-11-8-24-17(20)14(3)4)28-12-9-25-18(21)15(5)6;1-9(2)11(13)17-5-7-19-21(15,16)20-8-6-18-12(14)10(3)4/h1,3,5,7-12H2,2,4,6H3;1,3,5-8H2,2,4H3,(H,15,16). The third-order valence-corrected chi connectivity index (χ3v) is 7.10. The van der Waals surface area contributed by atoms with Crippen LogP contribution >= 0.6 is 15.6 Å². The first-order valence-electron chi connectivity index (χ1n) is 14.4. The average molecular weight is 757 g/mol. The molecule has 0 atom stereocenters. The maximum absolute atomic E-state index is 12.6. The number of ether oxygens (including phenoxy) is 5. The second-order valence-electron chi connectivity index (χ2n) is 9.66. The Balaban J connectivity index is 0. The van der Waals surface area contributed by atoms with Crippen LogP contribution < -0.4 is 0 Å². The van der Waals surface area contributed by atoms with Crippen LogP contribution in [0.3, 0.4) is 0 Å². The lowest BCUT2D eigenvalue weighted by molar-refractivity contribution is -0.141. The zero-order valence-corrected chi connectivity index (χ0v) is 30.7. The molecule has 50 heavy (non-hydrogen) atoms. The van der Waals surface area contributed by atoms with Gasteiger partial charge in [-0.2, -0.15) is 0 Å². The van der Waals surface area contributed by atoms with E-state index in [2.05, 4.69) is 51.4 Å². The molecule has 0 spiro atoms. The van der Waals surface area contributed by atoms with Gasteiger partial charge >= 0.3 is 45.5 Å². The van der Waals surface area contributed by atoms with Crippen LogP contribution in [0.1, 0.15) is 34.6 Å². The SMILES string of the molecule is C=C(C)C(=O)OCCOP(=O)(O)OCCOC(=O)C(=C)C.C=C(C)C(=O)OCCOP(=O)(OCCOC(=O)C(=C)C)OCCOC(=O)C(=C)C. The van der Waals surface area contributed by atoms with Gasteiger partial charge in [-0.25, -0.2) is 33.1 Å². The molecule has 20 heteroatoms. The van der Waals surface area contributed by atoms with Crippen molar-refractivity contribution < 1.29 is 84.3 Å². The van der Waals surface area contributed by atoms with E-state index in [1.807, 2.05) is 0 Å². The number of phosphoric ester groups is 2. The summed E-state index contributed by atoms with van der Waals surface area (Å²) in [6.45, 7) is 21.7. The lowest BCUT2D eigenvalue weighted by Crippen LogP contribution is -2.15.